The van der Waals surface area contributed by atoms with Crippen molar-refractivity contribution in [3.8, 4) is 11.8 Å². The molecule has 2 unspecified atom stereocenters. The number of alkyl halides is 3. The molecular formula is C16H17F4N5O3. The number of halogens is 4. The lowest BCUT2D eigenvalue weighted by molar-refractivity contribution is -0.250. The molecule has 1 amide bonds. The van der Waals surface area contributed by atoms with Crippen LogP contribution in [0.15, 0.2) is 12.4 Å². The first-order valence-corrected chi connectivity index (χ1v) is 8.19. The van der Waals surface area contributed by atoms with E-state index < -0.39 is 29.4 Å². The highest BCUT2D eigenvalue weighted by atomic mass is 19.4. The second kappa shape index (κ2) is 6.69. The van der Waals surface area contributed by atoms with Crippen molar-refractivity contribution in [3.05, 3.63) is 29.5 Å². The molecule has 0 bridgehead atoms. The highest BCUT2D eigenvalue weighted by molar-refractivity contribution is 5.85. The lowest BCUT2D eigenvalue weighted by atomic mass is 9.95. The highest BCUT2D eigenvalue weighted by Crippen LogP contribution is 2.35. The van der Waals surface area contributed by atoms with Gasteiger partial charge in [-0.25, -0.2) is 14.1 Å². The van der Waals surface area contributed by atoms with Crippen LogP contribution < -0.4 is 4.74 Å². The number of fused-ring (bicyclic) bond motifs is 1. The molecule has 3 heterocycles. The topological polar surface area (TPSA) is 93.4 Å². The Labute approximate surface area is 156 Å². The van der Waals surface area contributed by atoms with Gasteiger partial charge in [0.25, 0.3) is 5.91 Å². The summed E-state index contributed by atoms with van der Waals surface area (Å²) in [6, 6.07) is -0.0814. The summed E-state index contributed by atoms with van der Waals surface area (Å²) < 4.78 is 59.3. The second-order valence-corrected chi connectivity index (χ2v) is 6.65. The molecule has 1 N–H and O–H groups in total. The molecule has 0 aliphatic carbocycles. The number of amides is 1. The fraction of sp³-hybridized carbons (Fsp3) is 0.500. The van der Waals surface area contributed by atoms with Gasteiger partial charge in [-0.1, -0.05) is 6.92 Å². The Balaban J connectivity index is 1.96. The number of methoxy groups -OCH3 is 1. The van der Waals surface area contributed by atoms with Crippen molar-refractivity contribution < 1.29 is 32.2 Å². The zero-order valence-electron chi connectivity index (χ0n) is 15.2. The van der Waals surface area contributed by atoms with Crippen LogP contribution in [0.4, 0.5) is 17.6 Å². The third kappa shape index (κ3) is 3.17. The molecule has 0 saturated heterocycles. The van der Waals surface area contributed by atoms with E-state index in [0.717, 1.165) is 11.1 Å². The monoisotopic (exact) mass is 403 g/mol. The van der Waals surface area contributed by atoms with E-state index in [4.69, 9.17) is 4.74 Å². The summed E-state index contributed by atoms with van der Waals surface area (Å²) >= 11 is 0. The van der Waals surface area contributed by atoms with E-state index in [1.54, 1.807) is 6.92 Å². The van der Waals surface area contributed by atoms with Crippen LogP contribution >= 0.6 is 0 Å². The summed E-state index contributed by atoms with van der Waals surface area (Å²) in [5, 5.41) is 13.7. The molecule has 1 aliphatic heterocycles. The van der Waals surface area contributed by atoms with Crippen molar-refractivity contribution in [2.24, 2.45) is 0 Å². The van der Waals surface area contributed by atoms with Gasteiger partial charge in [0.1, 0.15) is 0 Å². The van der Waals surface area contributed by atoms with Crippen molar-refractivity contribution in [1.82, 2.24) is 24.6 Å². The maximum atomic E-state index is 14.2. The van der Waals surface area contributed by atoms with Crippen molar-refractivity contribution >= 4 is 5.91 Å². The highest BCUT2D eigenvalue weighted by Gasteiger charge is 2.57. The zero-order chi connectivity index (χ0) is 20.9. The number of hydrogen-bond acceptors (Lipinski definition) is 6. The minimum atomic E-state index is -5.11. The molecule has 28 heavy (non-hydrogen) atoms. The number of rotatable bonds is 3. The van der Waals surface area contributed by atoms with Crippen LogP contribution in [0.3, 0.4) is 0 Å². The standard InChI is InChI=1S/C16H17F4N5O3/c1-8-6-24(13(26)15(2,27)16(18,19)20)7-9-4-22-25(11(8)9)12-10(17)5-21-14(23-12)28-3/h4-5,8,27H,6-7H2,1-3H3. The van der Waals surface area contributed by atoms with Crippen LogP contribution in [0.5, 0.6) is 6.01 Å². The first kappa shape index (κ1) is 20.0. The third-order valence-electron chi connectivity index (χ3n) is 4.55. The van der Waals surface area contributed by atoms with E-state index in [9.17, 15) is 27.5 Å². The summed E-state index contributed by atoms with van der Waals surface area (Å²) in [7, 11) is 1.31. The molecule has 2 atom stereocenters. The number of carbonyl (C=O) groups is 1. The average Bonchev–Trinajstić information content (AvgIpc) is 3.04. The Morgan fingerprint density at radius 1 is 1.36 bits per heavy atom. The van der Waals surface area contributed by atoms with Gasteiger partial charge in [-0.05, 0) is 6.92 Å². The number of nitrogens with zero attached hydrogens (tertiary/aromatic N) is 5. The third-order valence-corrected chi connectivity index (χ3v) is 4.55. The van der Waals surface area contributed by atoms with Crippen LogP contribution in [-0.2, 0) is 11.3 Å². The quantitative estimate of drug-likeness (QED) is 0.782. The van der Waals surface area contributed by atoms with Gasteiger partial charge in [-0.3, -0.25) is 4.79 Å². The minimum Gasteiger partial charge on any atom is -0.467 e. The van der Waals surface area contributed by atoms with Crippen LogP contribution in [0.2, 0.25) is 0 Å². The molecule has 0 saturated carbocycles. The summed E-state index contributed by atoms with van der Waals surface area (Å²) in [6.07, 6.45) is -2.88. The smallest absolute Gasteiger partial charge is 0.426 e. The average molecular weight is 403 g/mol. The van der Waals surface area contributed by atoms with Gasteiger partial charge in [-0.15, -0.1) is 0 Å². The van der Waals surface area contributed by atoms with Gasteiger partial charge in [0.2, 0.25) is 5.60 Å². The summed E-state index contributed by atoms with van der Waals surface area (Å²) in [5.41, 5.74) is -2.59. The zero-order valence-corrected chi connectivity index (χ0v) is 15.2. The molecule has 0 fully saturated rings. The Morgan fingerprint density at radius 3 is 2.64 bits per heavy atom. The van der Waals surface area contributed by atoms with Gasteiger partial charge in [-0.2, -0.15) is 23.3 Å². The second-order valence-electron chi connectivity index (χ2n) is 6.65. The van der Waals surface area contributed by atoms with Crippen molar-refractivity contribution in [2.75, 3.05) is 13.7 Å². The van der Waals surface area contributed by atoms with E-state index in [1.165, 1.54) is 18.0 Å². The van der Waals surface area contributed by atoms with Gasteiger partial charge in [0, 0.05) is 24.6 Å². The lowest BCUT2D eigenvalue weighted by Gasteiger charge is -2.36. The minimum absolute atomic E-state index is 0.0814. The normalized spacial score (nSPS) is 19.1. The molecule has 2 aromatic heterocycles. The van der Waals surface area contributed by atoms with Gasteiger partial charge >= 0.3 is 12.2 Å². The first-order valence-electron chi connectivity index (χ1n) is 8.19. The van der Waals surface area contributed by atoms with Crippen LogP contribution in [0.1, 0.15) is 31.0 Å². The lowest BCUT2D eigenvalue weighted by Crippen LogP contribution is -2.57. The molecule has 1 aliphatic rings. The fourth-order valence-corrected chi connectivity index (χ4v) is 3.07. The van der Waals surface area contributed by atoms with Crippen LogP contribution in [0.25, 0.3) is 5.82 Å². The maximum absolute atomic E-state index is 14.2. The largest absolute Gasteiger partial charge is 0.467 e. The Hall–Kier alpha value is -2.76. The van der Waals surface area contributed by atoms with Crippen LogP contribution in [0, 0.1) is 5.82 Å². The SMILES string of the molecule is COc1ncc(F)c(-n2ncc3c2C(C)CN(C(=O)C(C)(O)C(F)(F)F)C3)n1. The number of carbonyl (C=O) groups excluding carboxylic acids is 1. The Bertz CT molecular complexity index is 912. The van der Waals surface area contributed by atoms with E-state index in [2.05, 4.69) is 15.1 Å². The predicted molar refractivity (Wildman–Crippen MR) is 86.2 cm³/mol. The molecule has 3 rings (SSSR count). The van der Waals surface area contributed by atoms with E-state index in [1.807, 2.05) is 0 Å². The molecule has 0 spiro atoms. The van der Waals surface area contributed by atoms with Crippen molar-refractivity contribution in [2.45, 2.75) is 38.1 Å². The molecule has 152 valence electrons. The summed E-state index contributed by atoms with van der Waals surface area (Å²) in [6.45, 7) is 1.73. The molecular weight excluding hydrogens is 386 g/mol. The van der Waals surface area contributed by atoms with Crippen LogP contribution in [-0.4, -0.2) is 61.1 Å². The van der Waals surface area contributed by atoms with Crippen molar-refractivity contribution in [1.29, 1.82) is 0 Å². The first-order chi connectivity index (χ1) is 13.0. The fourth-order valence-electron chi connectivity index (χ4n) is 3.07. The summed E-state index contributed by atoms with van der Waals surface area (Å²) in [5.74, 6) is -2.90. The number of aromatic nitrogens is 4. The molecule has 2 aromatic rings. The molecule has 8 nitrogen and oxygen atoms in total. The van der Waals surface area contributed by atoms with Crippen molar-refractivity contribution in [3.63, 3.8) is 0 Å². The molecule has 0 aromatic carbocycles. The van der Waals surface area contributed by atoms with E-state index in [0.29, 0.717) is 18.2 Å². The number of hydrogen-bond donors (Lipinski definition) is 1. The Morgan fingerprint density at radius 2 is 2.04 bits per heavy atom. The molecule has 0 radical (unpaired) electrons. The van der Waals surface area contributed by atoms with Gasteiger partial charge < -0.3 is 14.7 Å². The van der Waals surface area contributed by atoms with E-state index >= 15 is 0 Å². The van der Waals surface area contributed by atoms with Gasteiger partial charge in [0.05, 0.1) is 25.2 Å². The van der Waals surface area contributed by atoms with Gasteiger partial charge in [0.15, 0.2) is 11.6 Å². The number of ether oxygens (including phenoxy) is 1. The van der Waals surface area contributed by atoms with E-state index in [-0.39, 0.29) is 24.9 Å². The maximum Gasteiger partial charge on any atom is 0.426 e. The predicted octanol–water partition coefficient (Wildman–Crippen LogP) is 1.57. The molecule has 12 heteroatoms. The summed E-state index contributed by atoms with van der Waals surface area (Å²) in [4.78, 5) is 20.7. The number of aliphatic hydroxyl groups is 1. The Kier molecular flexibility index (Phi) is 4.77.